The normalized spacial score (nSPS) is 18.8. The molecule has 0 amide bonds. The van der Waals surface area contributed by atoms with Gasteiger partial charge in [-0.2, -0.15) is 0 Å². The highest BCUT2D eigenvalue weighted by Crippen LogP contribution is 2.33. The Kier molecular flexibility index (Phi) is 5.91. The molecule has 6 nitrogen and oxygen atoms in total. The molecule has 0 bridgehead atoms. The van der Waals surface area contributed by atoms with Gasteiger partial charge in [0.1, 0.15) is 27.8 Å². The molecule has 1 aromatic carbocycles. The second-order valence-corrected chi connectivity index (χ2v) is 10.8. The largest absolute Gasteiger partial charge is 0.591 e. The highest BCUT2D eigenvalue weighted by molar-refractivity contribution is 7.91. The summed E-state index contributed by atoms with van der Waals surface area (Å²) < 4.78 is 37.6. The lowest BCUT2D eigenvalue weighted by Gasteiger charge is -2.34. The maximum Gasteiger partial charge on any atom is 0.261 e. The van der Waals surface area contributed by atoms with Crippen LogP contribution in [0.1, 0.15) is 58.8 Å². The molecule has 2 aromatic rings. The van der Waals surface area contributed by atoms with Gasteiger partial charge < -0.3 is 9.29 Å². The highest BCUT2D eigenvalue weighted by Gasteiger charge is 2.34. The summed E-state index contributed by atoms with van der Waals surface area (Å²) >= 11 is -1.51. The van der Waals surface area contributed by atoms with Crippen molar-refractivity contribution in [3.8, 4) is 0 Å². The molecule has 8 heteroatoms. The molecule has 0 aliphatic carbocycles. The van der Waals surface area contributed by atoms with Crippen molar-refractivity contribution in [1.29, 1.82) is 0 Å². The van der Waals surface area contributed by atoms with E-state index in [9.17, 15) is 13.7 Å². The van der Waals surface area contributed by atoms with Crippen LogP contribution in [-0.2, 0) is 28.6 Å². The van der Waals surface area contributed by atoms with Crippen LogP contribution in [0.15, 0.2) is 21.3 Å². The number of benzene rings is 1. The van der Waals surface area contributed by atoms with E-state index < -0.39 is 21.9 Å². The van der Waals surface area contributed by atoms with Gasteiger partial charge in [0.25, 0.3) is 5.56 Å². The van der Waals surface area contributed by atoms with Gasteiger partial charge in [-0.1, -0.05) is 11.3 Å². The van der Waals surface area contributed by atoms with Gasteiger partial charge in [0, 0.05) is 31.2 Å². The van der Waals surface area contributed by atoms with Crippen LogP contribution in [0.5, 0.6) is 0 Å². The minimum absolute atomic E-state index is 0.193. The van der Waals surface area contributed by atoms with Crippen LogP contribution in [0.2, 0.25) is 0 Å². The molecule has 0 radical (unpaired) electrons. The topological polar surface area (TPSA) is 79.5 Å². The van der Waals surface area contributed by atoms with Crippen molar-refractivity contribution in [2.24, 2.45) is 11.4 Å². The summed E-state index contributed by atoms with van der Waals surface area (Å²) in [7, 11) is 1.67. The molecule has 1 fully saturated rings. The lowest BCUT2D eigenvalue weighted by molar-refractivity contribution is 0.0523. The van der Waals surface area contributed by atoms with Gasteiger partial charge in [-0.3, -0.25) is 9.36 Å². The molecular weight excluding hydrogens is 393 g/mol. The fourth-order valence-corrected chi connectivity index (χ4v) is 4.13. The van der Waals surface area contributed by atoms with Crippen LogP contribution in [0.3, 0.4) is 0 Å². The van der Waals surface area contributed by atoms with E-state index in [2.05, 4.69) is 11.3 Å². The number of ether oxygens (including phenoxy) is 1. The minimum atomic E-state index is -1.51. The third kappa shape index (κ3) is 4.25. The smallest absolute Gasteiger partial charge is 0.261 e. The first-order valence-electron chi connectivity index (χ1n) is 9.70. The van der Waals surface area contributed by atoms with Crippen molar-refractivity contribution >= 4 is 28.0 Å². The molecule has 1 aliphatic heterocycles. The molecule has 1 aromatic heterocycles. The first-order chi connectivity index (χ1) is 13.4. The summed E-state index contributed by atoms with van der Waals surface area (Å²) in [5, 5.41) is 0.193. The lowest BCUT2D eigenvalue weighted by atomic mass is 9.81. The van der Waals surface area contributed by atoms with Crippen LogP contribution in [0, 0.1) is 5.82 Å². The van der Waals surface area contributed by atoms with Crippen molar-refractivity contribution in [2.45, 2.75) is 57.6 Å². The summed E-state index contributed by atoms with van der Waals surface area (Å²) in [4.78, 5) is 17.9. The zero-order valence-electron chi connectivity index (χ0n) is 17.8. The number of hydrogen-bond donors (Lipinski definition) is 0. The van der Waals surface area contributed by atoms with E-state index in [0.717, 1.165) is 12.8 Å². The Bertz CT molecular complexity index is 1020. The number of nitrogens with zero attached hydrogens (tertiary/aromatic N) is 3. The fraction of sp³-hybridized carbons (Fsp3) is 0.571. The molecule has 29 heavy (non-hydrogen) atoms. The van der Waals surface area contributed by atoms with Crippen LogP contribution in [0.25, 0.3) is 10.9 Å². The molecule has 2 heterocycles. The highest BCUT2D eigenvalue weighted by atomic mass is 32.2. The summed E-state index contributed by atoms with van der Waals surface area (Å²) in [5.74, 6) is 0.100. The van der Waals surface area contributed by atoms with Gasteiger partial charge in [-0.05, 0) is 52.7 Å². The molecule has 158 valence electrons. The first-order valence-corrected chi connectivity index (χ1v) is 10.8. The average molecular weight is 422 g/mol. The van der Waals surface area contributed by atoms with E-state index in [1.54, 1.807) is 14.0 Å². The van der Waals surface area contributed by atoms with Gasteiger partial charge in [-0.25, -0.2) is 9.37 Å². The fourth-order valence-electron chi connectivity index (χ4n) is 3.51. The Morgan fingerprint density at radius 2 is 1.97 bits per heavy atom. The molecule has 0 N–H and O–H groups in total. The number of rotatable bonds is 3. The van der Waals surface area contributed by atoms with Crippen molar-refractivity contribution in [2.75, 3.05) is 13.2 Å². The van der Waals surface area contributed by atoms with Gasteiger partial charge >= 0.3 is 0 Å². The van der Waals surface area contributed by atoms with Gasteiger partial charge in [0.05, 0.1) is 16.6 Å². The van der Waals surface area contributed by atoms with Gasteiger partial charge in [-0.15, -0.1) is 0 Å². The van der Waals surface area contributed by atoms with Crippen LogP contribution in [-0.4, -0.2) is 37.8 Å². The lowest BCUT2D eigenvalue weighted by Crippen LogP contribution is -2.38. The Morgan fingerprint density at radius 1 is 1.34 bits per heavy atom. The third-order valence-corrected chi connectivity index (χ3v) is 6.90. The number of aromatic nitrogens is 2. The van der Waals surface area contributed by atoms with E-state index in [1.165, 1.54) is 16.7 Å². The summed E-state index contributed by atoms with van der Waals surface area (Å²) in [6.45, 7) is 10.4. The van der Waals surface area contributed by atoms with E-state index >= 15 is 0 Å². The van der Waals surface area contributed by atoms with Crippen molar-refractivity contribution in [3.63, 3.8) is 0 Å². The van der Waals surface area contributed by atoms with E-state index in [-0.39, 0.29) is 16.4 Å². The van der Waals surface area contributed by atoms with E-state index in [0.29, 0.717) is 35.8 Å². The van der Waals surface area contributed by atoms with E-state index in [4.69, 9.17) is 9.72 Å². The predicted molar refractivity (Wildman–Crippen MR) is 114 cm³/mol. The van der Waals surface area contributed by atoms with E-state index in [1.807, 2.05) is 20.8 Å². The van der Waals surface area contributed by atoms with Crippen LogP contribution < -0.4 is 5.56 Å². The molecule has 3 rings (SSSR count). The molecule has 1 aliphatic rings. The van der Waals surface area contributed by atoms with Crippen molar-refractivity contribution < 1.29 is 13.7 Å². The Hall–Kier alpha value is -1.77. The summed E-state index contributed by atoms with van der Waals surface area (Å²) in [6.07, 6.45) is 1.49. The monoisotopic (exact) mass is 421 g/mol. The summed E-state index contributed by atoms with van der Waals surface area (Å²) in [6, 6.07) is 2.52. The molecular formula is C21H28FN3O3S. The first kappa shape index (κ1) is 21.9. The molecule has 1 atom stereocenters. The van der Waals surface area contributed by atoms with Crippen LogP contribution >= 0.6 is 0 Å². The summed E-state index contributed by atoms with van der Waals surface area (Å²) in [5.41, 5.74) is 0.567. The van der Waals surface area contributed by atoms with Gasteiger partial charge in [0.2, 0.25) is 0 Å². The molecule has 0 spiro atoms. The Morgan fingerprint density at radius 3 is 2.55 bits per heavy atom. The maximum absolute atomic E-state index is 14.3. The Labute approximate surface area is 173 Å². The predicted octanol–water partition coefficient (Wildman–Crippen LogP) is 3.41. The number of hydrogen-bond acceptors (Lipinski definition) is 5. The molecule has 1 saturated heterocycles. The minimum Gasteiger partial charge on any atom is -0.591 e. The van der Waals surface area contributed by atoms with Crippen molar-refractivity contribution in [1.82, 2.24) is 9.55 Å². The quantitative estimate of drug-likeness (QED) is 0.562. The molecule has 0 saturated carbocycles. The number of fused-ring (bicyclic) bond motifs is 1. The maximum atomic E-state index is 14.3. The second-order valence-electron chi connectivity index (χ2n) is 8.86. The third-order valence-electron chi connectivity index (χ3n) is 5.41. The standard InChI is InChI=1S/C21H28FN3O3S/c1-13(24-29(27)20(2,3)4)15-11-14(22)12-16-17(15)23-19(25(6)18(16)26)21(5)7-9-28-10-8-21/h11-12H,7-10H2,1-6H3. The number of halogens is 1. The SMILES string of the molecule is CC(=N[S+]([O-])C(C)(C)C)c1cc(F)cc2c(=O)n(C)c(C3(C)CCOCC3)nc12. The van der Waals surface area contributed by atoms with Crippen LogP contribution in [0.4, 0.5) is 4.39 Å². The zero-order chi connectivity index (χ0) is 21.6. The molecule has 1 unspecified atom stereocenters. The Balaban J connectivity index is 2.26. The van der Waals surface area contributed by atoms with Crippen molar-refractivity contribution in [3.05, 3.63) is 39.7 Å². The average Bonchev–Trinajstić information content (AvgIpc) is 2.64. The zero-order valence-corrected chi connectivity index (χ0v) is 18.7. The van der Waals surface area contributed by atoms with Gasteiger partial charge in [0.15, 0.2) is 0 Å². The second kappa shape index (κ2) is 7.81.